The molecule has 3 N–H and O–H groups in total. The van der Waals surface area contributed by atoms with Crippen molar-refractivity contribution in [3.63, 3.8) is 0 Å². The molecule has 0 saturated carbocycles. The average molecular weight is 172 g/mol. The fraction of sp³-hybridized carbons (Fsp3) is 0.0909. The number of nitrogen functional groups attached to an aromatic ring is 1. The van der Waals surface area contributed by atoms with Gasteiger partial charge in [0, 0.05) is 11.8 Å². The Bertz CT molecular complexity index is 398. The number of benzene rings is 1. The fourth-order valence-electron chi connectivity index (χ4n) is 1.37. The summed E-state index contributed by atoms with van der Waals surface area (Å²) in [7, 11) is 0. The Morgan fingerprint density at radius 2 is 1.77 bits per heavy atom. The molecule has 0 atom stereocenters. The summed E-state index contributed by atoms with van der Waals surface area (Å²) < 4.78 is 0. The molecule has 1 heterocycles. The lowest BCUT2D eigenvalue weighted by Gasteiger charge is -2.00. The van der Waals surface area contributed by atoms with Gasteiger partial charge in [0.25, 0.3) is 0 Å². The van der Waals surface area contributed by atoms with Gasteiger partial charge in [0.1, 0.15) is 5.82 Å². The first kappa shape index (κ1) is 7.92. The number of anilines is 1. The molecule has 0 saturated heterocycles. The first-order valence-corrected chi connectivity index (χ1v) is 4.27. The Labute approximate surface area is 77.4 Å². The average Bonchev–Trinajstić information content (AvgIpc) is 2.53. The van der Waals surface area contributed by atoms with Crippen LogP contribution in [0, 0.1) is 6.92 Å². The normalized spacial score (nSPS) is 10.2. The summed E-state index contributed by atoms with van der Waals surface area (Å²) in [6, 6.07) is 10.3. The largest absolute Gasteiger partial charge is 0.385 e. The lowest BCUT2D eigenvalue weighted by atomic mass is 10.1. The summed E-state index contributed by atoms with van der Waals surface area (Å²) >= 11 is 0. The van der Waals surface area contributed by atoms with E-state index in [-0.39, 0.29) is 0 Å². The number of nitrogens with one attached hydrogen (secondary N) is 1. The smallest absolute Gasteiger partial charge is 0.108 e. The number of aromatic amines is 1. The predicted octanol–water partition coefficient (Wildman–Crippen LogP) is 2.57. The summed E-state index contributed by atoms with van der Waals surface area (Å²) in [5.74, 6) is 0.726. The number of hydrogen-bond donors (Lipinski definition) is 2. The number of hydrogen-bond acceptors (Lipinski definition) is 1. The molecule has 0 aliphatic carbocycles. The molecule has 66 valence electrons. The molecular weight excluding hydrogens is 160 g/mol. The standard InChI is InChI=1S/C11H12N2/c1-8-2-4-9(5-3-8)10-6-7-13-11(10)12/h2-7,13H,12H2,1H3. The molecule has 13 heavy (non-hydrogen) atoms. The van der Waals surface area contributed by atoms with Gasteiger partial charge in [0.05, 0.1) is 0 Å². The highest BCUT2D eigenvalue weighted by atomic mass is 14.8. The van der Waals surface area contributed by atoms with Gasteiger partial charge >= 0.3 is 0 Å². The number of nitrogens with two attached hydrogens (primary N) is 1. The maximum absolute atomic E-state index is 5.76. The van der Waals surface area contributed by atoms with Crippen molar-refractivity contribution in [1.82, 2.24) is 4.98 Å². The molecule has 0 spiro atoms. The van der Waals surface area contributed by atoms with Crippen LogP contribution >= 0.6 is 0 Å². The number of aryl methyl sites for hydroxylation is 1. The predicted molar refractivity (Wildman–Crippen MR) is 55.4 cm³/mol. The molecule has 1 aromatic carbocycles. The van der Waals surface area contributed by atoms with Gasteiger partial charge < -0.3 is 10.7 Å². The second kappa shape index (κ2) is 2.98. The van der Waals surface area contributed by atoms with E-state index >= 15 is 0 Å². The second-order valence-electron chi connectivity index (χ2n) is 3.17. The van der Waals surface area contributed by atoms with Crippen molar-refractivity contribution in [2.24, 2.45) is 0 Å². The van der Waals surface area contributed by atoms with Crippen LogP contribution < -0.4 is 5.73 Å². The lowest BCUT2D eigenvalue weighted by molar-refractivity contribution is 1.41. The van der Waals surface area contributed by atoms with Gasteiger partial charge in [0.2, 0.25) is 0 Å². The van der Waals surface area contributed by atoms with Gasteiger partial charge in [-0.3, -0.25) is 0 Å². The van der Waals surface area contributed by atoms with Gasteiger partial charge in [-0.15, -0.1) is 0 Å². The van der Waals surface area contributed by atoms with Crippen LogP contribution in [0.15, 0.2) is 36.5 Å². The Kier molecular flexibility index (Phi) is 1.81. The molecule has 2 rings (SSSR count). The monoisotopic (exact) mass is 172 g/mol. The van der Waals surface area contributed by atoms with E-state index in [0.717, 1.165) is 16.9 Å². The van der Waals surface area contributed by atoms with Gasteiger partial charge in [-0.05, 0) is 18.6 Å². The van der Waals surface area contributed by atoms with Gasteiger partial charge in [-0.25, -0.2) is 0 Å². The summed E-state index contributed by atoms with van der Waals surface area (Å²) in [6.45, 7) is 2.07. The van der Waals surface area contributed by atoms with Crippen LogP contribution in [0.1, 0.15) is 5.56 Å². The third-order valence-corrected chi connectivity index (χ3v) is 2.14. The van der Waals surface area contributed by atoms with Crippen LogP contribution in [0.3, 0.4) is 0 Å². The Morgan fingerprint density at radius 1 is 1.08 bits per heavy atom. The van der Waals surface area contributed by atoms with Crippen molar-refractivity contribution < 1.29 is 0 Å². The van der Waals surface area contributed by atoms with Crippen molar-refractivity contribution in [3.05, 3.63) is 42.1 Å². The maximum Gasteiger partial charge on any atom is 0.108 e. The van der Waals surface area contributed by atoms with E-state index in [2.05, 4.69) is 36.2 Å². The zero-order valence-electron chi connectivity index (χ0n) is 7.54. The quantitative estimate of drug-likeness (QED) is 0.682. The third kappa shape index (κ3) is 1.43. The summed E-state index contributed by atoms with van der Waals surface area (Å²) in [4.78, 5) is 2.96. The van der Waals surface area contributed by atoms with Gasteiger partial charge in [0.15, 0.2) is 0 Å². The lowest BCUT2D eigenvalue weighted by Crippen LogP contribution is -1.86. The van der Waals surface area contributed by atoms with Crippen LogP contribution in [0.5, 0.6) is 0 Å². The zero-order chi connectivity index (χ0) is 9.26. The second-order valence-corrected chi connectivity index (χ2v) is 3.17. The van der Waals surface area contributed by atoms with Crippen LogP contribution in [0.2, 0.25) is 0 Å². The minimum Gasteiger partial charge on any atom is -0.385 e. The SMILES string of the molecule is Cc1ccc(-c2cc[nH]c2N)cc1. The van der Waals surface area contributed by atoms with E-state index in [9.17, 15) is 0 Å². The molecule has 0 amide bonds. The van der Waals surface area contributed by atoms with Crippen LogP contribution in [-0.4, -0.2) is 4.98 Å². The highest BCUT2D eigenvalue weighted by Gasteiger charge is 2.01. The number of aromatic nitrogens is 1. The van der Waals surface area contributed by atoms with E-state index in [1.54, 1.807) is 0 Å². The summed E-state index contributed by atoms with van der Waals surface area (Å²) in [5.41, 5.74) is 9.24. The van der Waals surface area contributed by atoms with Crippen molar-refractivity contribution in [2.75, 3.05) is 5.73 Å². The molecule has 0 aliphatic heterocycles. The highest BCUT2D eigenvalue weighted by molar-refractivity contribution is 5.74. The molecule has 0 radical (unpaired) electrons. The minimum absolute atomic E-state index is 0.726. The van der Waals surface area contributed by atoms with Gasteiger partial charge in [-0.1, -0.05) is 29.8 Å². The Morgan fingerprint density at radius 3 is 2.31 bits per heavy atom. The van der Waals surface area contributed by atoms with E-state index in [0.29, 0.717) is 0 Å². The number of H-pyrrole nitrogens is 1. The third-order valence-electron chi connectivity index (χ3n) is 2.14. The molecule has 2 aromatic rings. The van der Waals surface area contributed by atoms with Crippen LogP contribution in [0.25, 0.3) is 11.1 Å². The summed E-state index contributed by atoms with van der Waals surface area (Å²) in [6.07, 6.45) is 1.85. The van der Waals surface area contributed by atoms with Crippen molar-refractivity contribution in [2.45, 2.75) is 6.92 Å². The topological polar surface area (TPSA) is 41.8 Å². The molecule has 0 fully saturated rings. The van der Waals surface area contributed by atoms with Crippen molar-refractivity contribution >= 4 is 5.82 Å². The molecule has 2 nitrogen and oxygen atoms in total. The first-order chi connectivity index (χ1) is 6.27. The fourth-order valence-corrected chi connectivity index (χ4v) is 1.37. The first-order valence-electron chi connectivity index (χ1n) is 4.27. The Balaban J connectivity index is 2.47. The highest BCUT2D eigenvalue weighted by Crippen LogP contribution is 2.24. The van der Waals surface area contributed by atoms with Crippen LogP contribution in [0.4, 0.5) is 5.82 Å². The summed E-state index contributed by atoms with van der Waals surface area (Å²) in [5, 5.41) is 0. The zero-order valence-corrected chi connectivity index (χ0v) is 7.54. The minimum atomic E-state index is 0.726. The van der Waals surface area contributed by atoms with E-state index < -0.39 is 0 Å². The molecule has 2 heteroatoms. The van der Waals surface area contributed by atoms with Gasteiger partial charge in [-0.2, -0.15) is 0 Å². The molecule has 1 aromatic heterocycles. The van der Waals surface area contributed by atoms with Crippen molar-refractivity contribution in [3.8, 4) is 11.1 Å². The Hall–Kier alpha value is -1.70. The van der Waals surface area contributed by atoms with E-state index in [1.807, 2.05) is 12.3 Å². The molecule has 0 aliphatic rings. The maximum atomic E-state index is 5.76. The molecular formula is C11H12N2. The van der Waals surface area contributed by atoms with Crippen molar-refractivity contribution in [1.29, 1.82) is 0 Å². The van der Waals surface area contributed by atoms with E-state index in [4.69, 9.17) is 5.73 Å². The molecule has 0 bridgehead atoms. The molecule has 0 unspecified atom stereocenters. The number of rotatable bonds is 1. The van der Waals surface area contributed by atoms with E-state index in [1.165, 1.54) is 5.56 Å². The van der Waals surface area contributed by atoms with Crippen LogP contribution in [-0.2, 0) is 0 Å².